The number of amides is 1. The summed E-state index contributed by atoms with van der Waals surface area (Å²) < 4.78 is 13.1. The van der Waals surface area contributed by atoms with Crippen molar-refractivity contribution in [3.05, 3.63) is 119 Å². The Morgan fingerprint density at radius 3 is 2.40 bits per heavy atom. The van der Waals surface area contributed by atoms with Gasteiger partial charge in [-0.1, -0.05) is 42.0 Å². The lowest BCUT2D eigenvalue weighted by molar-refractivity contribution is -0.139. The summed E-state index contributed by atoms with van der Waals surface area (Å²) in [7, 11) is 1.57. The Hall–Kier alpha value is -4.85. The maximum Gasteiger partial charge on any atom is 0.295 e. The minimum atomic E-state index is -0.731. The highest BCUT2D eigenvalue weighted by atomic mass is 16.5. The number of hydrogen-bond donors (Lipinski definition) is 1. The van der Waals surface area contributed by atoms with Crippen LogP contribution in [0.15, 0.2) is 97.1 Å². The molecule has 1 aliphatic rings. The summed E-state index contributed by atoms with van der Waals surface area (Å²) in [4.78, 5) is 32.1. The van der Waals surface area contributed by atoms with E-state index < -0.39 is 17.7 Å². The van der Waals surface area contributed by atoms with Gasteiger partial charge in [-0.15, -0.1) is 0 Å². The maximum atomic E-state index is 13.3. The zero-order chi connectivity index (χ0) is 28.1. The zero-order valence-electron chi connectivity index (χ0n) is 22.5. The third kappa shape index (κ3) is 5.76. The van der Waals surface area contributed by atoms with Crippen LogP contribution >= 0.6 is 0 Å². The van der Waals surface area contributed by atoms with Crippen molar-refractivity contribution in [2.24, 2.45) is 0 Å². The molecule has 3 aromatic carbocycles. The normalized spacial score (nSPS) is 16.4. The first-order valence-electron chi connectivity index (χ1n) is 13.1. The molecule has 1 aromatic heterocycles. The van der Waals surface area contributed by atoms with Gasteiger partial charge in [0.05, 0.1) is 25.1 Å². The number of Topliss-reactive ketones (excluding diaryl/α,β-unsaturated/α-hetero) is 1. The Labute approximate surface area is 233 Å². The van der Waals surface area contributed by atoms with Crippen LogP contribution in [0, 0.1) is 6.92 Å². The number of benzene rings is 3. The van der Waals surface area contributed by atoms with Crippen LogP contribution in [0.5, 0.6) is 11.5 Å². The molecule has 0 aliphatic carbocycles. The molecule has 5 rings (SSSR count). The fourth-order valence-corrected chi connectivity index (χ4v) is 4.92. The van der Waals surface area contributed by atoms with E-state index in [4.69, 9.17) is 9.47 Å². The number of rotatable bonds is 10. The third-order valence-corrected chi connectivity index (χ3v) is 6.96. The summed E-state index contributed by atoms with van der Waals surface area (Å²) in [5.41, 5.74) is 3.41. The number of aliphatic hydroxyl groups is 1. The summed E-state index contributed by atoms with van der Waals surface area (Å²) in [5.74, 6) is -0.278. The van der Waals surface area contributed by atoms with Crippen LogP contribution < -0.4 is 9.47 Å². The van der Waals surface area contributed by atoms with Gasteiger partial charge in [0.25, 0.3) is 11.7 Å². The molecule has 8 heteroatoms. The molecule has 0 saturated carbocycles. The molecule has 40 heavy (non-hydrogen) atoms. The second-order valence-electron chi connectivity index (χ2n) is 9.72. The molecule has 2 heterocycles. The highest BCUT2D eigenvalue weighted by Gasteiger charge is 2.45. The van der Waals surface area contributed by atoms with Crippen molar-refractivity contribution in [1.82, 2.24) is 14.5 Å². The van der Waals surface area contributed by atoms with Gasteiger partial charge in [0.1, 0.15) is 23.9 Å². The number of carbonyl (C=O) groups is 2. The van der Waals surface area contributed by atoms with Crippen molar-refractivity contribution in [2.75, 3.05) is 13.7 Å². The second-order valence-corrected chi connectivity index (χ2v) is 9.72. The maximum absolute atomic E-state index is 13.3. The molecule has 8 nitrogen and oxygen atoms in total. The molecular formula is C32H31N3O5. The quantitative estimate of drug-likeness (QED) is 0.168. The lowest BCUT2D eigenvalue weighted by Gasteiger charge is -2.25. The molecule has 1 atom stereocenters. The van der Waals surface area contributed by atoms with Crippen LogP contribution in [-0.4, -0.2) is 44.9 Å². The average molecular weight is 538 g/mol. The first-order valence-corrected chi connectivity index (χ1v) is 13.1. The molecule has 1 N–H and O–H groups in total. The van der Waals surface area contributed by atoms with E-state index in [1.807, 2.05) is 48.0 Å². The number of ether oxygens (including phenoxy) is 2. The van der Waals surface area contributed by atoms with Crippen molar-refractivity contribution in [1.29, 1.82) is 0 Å². The average Bonchev–Trinajstić information content (AvgIpc) is 3.58. The Morgan fingerprint density at radius 1 is 0.975 bits per heavy atom. The van der Waals surface area contributed by atoms with Crippen molar-refractivity contribution in [3.63, 3.8) is 0 Å². The first kappa shape index (κ1) is 26.7. The zero-order valence-corrected chi connectivity index (χ0v) is 22.5. The number of imidazole rings is 1. The Morgan fingerprint density at radius 2 is 1.73 bits per heavy atom. The van der Waals surface area contributed by atoms with Crippen LogP contribution in [0.25, 0.3) is 5.76 Å². The van der Waals surface area contributed by atoms with Crippen LogP contribution in [0.1, 0.15) is 34.7 Å². The van der Waals surface area contributed by atoms with Crippen molar-refractivity contribution in [2.45, 2.75) is 32.5 Å². The van der Waals surface area contributed by atoms with E-state index in [9.17, 15) is 14.7 Å². The molecule has 1 aliphatic heterocycles. The number of methoxy groups -OCH3 is 1. The SMILES string of the molecule is COc1ccc(C2/C(=C(/O)c3ccc(OCc4cccc(C)c4)cc3)C(=O)C(=O)N2CCCn2ccnc2)cc1. The number of aromatic nitrogens is 2. The van der Waals surface area contributed by atoms with E-state index in [2.05, 4.69) is 11.1 Å². The molecule has 1 saturated heterocycles. The van der Waals surface area contributed by atoms with Crippen molar-refractivity contribution >= 4 is 17.4 Å². The smallest absolute Gasteiger partial charge is 0.295 e. The van der Waals surface area contributed by atoms with Crippen LogP contribution in [-0.2, 0) is 22.7 Å². The van der Waals surface area contributed by atoms with Gasteiger partial charge in [-0.25, -0.2) is 4.98 Å². The van der Waals surface area contributed by atoms with Gasteiger partial charge >= 0.3 is 0 Å². The summed E-state index contributed by atoms with van der Waals surface area (Å²) in [6, 6.07) is 21.4. The lowest BCUT2D eigenvalue weighted by Crippen LogP contribution is -2.31. The van der Waals surface area contributed by atoms with E-state index in [1.54, 1.807) is 56.0 Å². The summed E-state index contributed by atoms with van der Waals surface area (Å²) in [5, 5.41) is 11.4. The number of hydrogen-bond acceptors (Lipinski definition) is 6. The summed E-state index contributed by atoms with van der Waals surface area (Å²) in [6.45, 7) is 3.42. The first-order chi connectivity index (χ1) is 19.4. The fourth-order valence-electron chi connectivity index (χ4n) is 4.92. The lowest BCUT2D eigenvalue weighted by atomic mass is 9.95. The van der Waals surface area contributed by atoms with E-state index >= 15 is 0 Å². The van der Waals surface area contributed by atoms with E-state index in [0.29, 0.717) is 48.7 Å². The Kier molecular flexibility index (Phi) is 7.96. The highest BCUT2D eigenvalue weighted by molar-refractivity contribution is 6.46. The second kappa shape index (κ2) is 11.9. The molecule has 0 radical (unpaired) electrons. The minimum Gasteiger partial charge on any atom is -0.507 e. The van der Waals surface area contributed by atoms with Gasteiger partial charge < -0.3 is 24.0 Å². The van der Waals surface area contributed by atoms with Gasteiger partial charge in [0, 0.05) is 31.0 Å². The molecule has 0 spiro atoms. The standard InChI is InChI=1S/C32H31N3O5/c1-22-5-3-6-23(19-22)20-40-27-13-9-25(10-14-27)30(36)28-29(24-7-11-26(39-2)12-8-24)35(32(38)31(28)37)17-4-16-34-18-15-33-21-34/h3,5-15,18-19,21,29,36H,4,16-17,20H2,1-2H3/b30-28-. The van der Waals surface area contributed by atoms with E-state index in [1.165, 1.54) is 4.90 Å². The molecule has 4 aromatic rings. The topological polar surface area (TPSA) is 93.9 Å². The predicted molar refractivity (Wildman–Crippen MR) is 151 cm³/mol. The Balaban J connectivity index is 1.41. The van der Waals surface area contributed by atoms with Crippen LogP contribution in [0.3, 0.4) is 0 Å². The number of nitrogens with zero attached hydrogens (tertiary/aromatic N) is 3. The van der Waals surface area contributed by atoms with E-state index in [-0.39, 0.29) is 11.3 Å². The highest BCUT2D eigenvalue weighted by Crippen LogP contribution is 2.40. The number of aliphatic hydroxyl groups excluding tert-OH is 1. The third-order valence-electron chi connectivity index (χ3n) is 6.96. The number of carbonyl (C=O) groups excluding carboxylic acids is 2. The molecular weight excluding hydrogens is 506 g/mol. The van der Waals surface area contributed by atoms with Gasteiger partial charge in [-0.05, 0) is 60.9 Å². The van der Waals surface area contributed by atoms with Gasteiger partial charge in [-0.3, -0.25) is 9.59 Å². The summed E-state index contributed by atoms with van der Waals surface area (Å²) >= 11 is 0. The molecule has 1 amide bonds. The number of aryl methyl sites for hydroxylation is 2. The molecule has 1 fully saturated rings. The van der Waals surface area contributed by atoms with E-state index in [0.717, 1.165) is 11.1 Å². The monoisotopic (exact) mass is 537 g/mol. The Bertz CT molecular complexity index is 1510. The summed E-state index contributed by atoms with van der Waals surface area (Å²) in [6.07, 6.45) is 5.87. The molecule has 1 unspecified atom stereocenters. The van der Waals surface area contributed by atoms with Gasteiger partial charge in [0.15, 0.2) is 0 Å². The number of ketones is 1. The van der Waals surface area contributed by atoms with Crippen molar-refractivity contribution in [3.8, 4) is 11.5 Å². The largest absolute Gasteiger partial charge is 0.507 e. The fraction of sp³-hybridized carbons (Fsp3) is 0.219. The van der Waals surface area contributed by atoms with Gasteiger partial charge in [0.2, 0.25) is 0 Å². The van der Waals surface area contributed by atoms with Crippen LogP contribution in [0.2, 0.25) is 0 Å². The van der Waals surface area contributed by atoms with Crippen LogP contribution in [0.4, 0.5) is 0 Å². The predicted octanol–water partition coefficient (Wildman–Crippen LogP) is 5.29. The molecule has 0 bridgehead atoms. The molecule has 204 valence electrons. The minimum absolute atomic E-state index is 0.0613. The number of likely N-dealkylation sites (tertiary alicyclic amines) is 1. The van der Waals surface area contributed by atoms with Gasteiger partial charge in [-0.2, -0.15) is 0 Å². The van der Waals surface area contributed by atoms with Crippen molar-refractivity contribution < 1.29 is 24.2 Å².